The fourth-order valence-corrected chi connectivity index (χ4v) is 2.07. The van der Waals surface area contributed by atoms with Crippen LogP contribution in [0.4, 0.5) is 5.69 Å². The predicted octanol–water partition coefficient (Wildman–Crippen LogP) is 0.705. The van der Waals surface area contributed by atoms with Crippen molar-refractivity contribution in [1.29, 1.82) is 0 Å². The summed E-state index contributed by atoms with van der Waals surface area (Å²) in [5, 5.41) is 5.03. The van der Waals surface area contributed by atoms with Crippen LogP contribution in [0.1, 0.15) is 12.8 Å². The van der Waals surface area contributed by atoms with E-state index in [1.807, 2.05) is 0 Å². The minimum Gasteiger partial charge on any atom is -0.491 e. The second kappa shape index (κ2) is 3.95. The molecule has 6 heteroatoms. The highest BCUT2D eigenvalue weighted by molar-refractivity contribution is 7.89. The van der Waals surface area contributed by atoms with Crippen LogP contribution in [0.5, 0.6) is 5.75 Å². The lowest BCUT2D eigenvalue weighted by Crippen LogP contribution is -2.15. The highest BCUT2D eigenvalue weighted by Gasteiger charge is 2.23. The summed E-state index contributed by atoms with van der Waals surface area (Å²) in [6, 6.07) is 4.58. The molecule has 16 heavy (non-hydrogen) atoms. The number of sulfonamides is 1. The number of hydrogen-bond donors (Lipinski definition) is 2. The minimum absolute atomic E-state index is 0.0826. The van der Waals surface area contributed by atoms with E-state index in [0.717, 1.165) is 12.8 Å². The molecule has 1 aliphatic rings. The van der Waals surface area contributed by atoms with Gasteiger partial charge in [-0.3, -0.25) is 0 Å². The van der Waals surface area contributed by atoms with E-state index in [1.165, 1.54) is 6.07 Å². The molecule has 0 unspecified atom stereocenters. The molecule has 4 N–H and O–H groups in total. The number of para-hydroxylation sites is 1. The number of rotatable bonds is 4. The average Bonchev–Trinajstić information content (AvgIpc) is 2.98. The van der Waals surface area contributed by atoms with Crippen LogP contribution in [-0.4, -0.2) is 15.0 Å². The normalized spacial score (nSPS) is 16.1. The van der Waals surface area contributed by atoms with E-state index in [0.29, 0.717) is 18.3 Å². The summed E-state index contributed by atoms with van der Waals surface area (Å²) in [5.41, 5.74) is 5.78. The average molecular weight is 242 g/mol. The van der Waals surface area contributed by atoms with Gasteiger partial charge >= 0.3 is 0 Å². The van der Waals surface area contributed by atoms with Gasteiger partial charge in [0.2, 0.25) is 10.0 Å². The first kappa shape index (κ1) is 11.2. The van der Waals surface area contributed by atoms with E-state index in [9.17, 15) is 8.42 Å². The molecule has 0 aromatic heterocycles. The van der Waals surface area contributed by atoms with Crippen LogP contribution in [0.3, 0.4) is 0 Å². The maximum atomic E-state index is 11.2. The predicted molar refractivity (Wildman–Crippen MR) is 60.4 cm³/mol. The van der Waals surface area contributed by atoms with Crippen LogP contribution < -0.4 is 15.6 Å². The Balaban J connectivity index is 2.24. The fourth-order valence-electron chi connectivity index (χ4n) is 1.39. The molecule has 88 valence electrons. The zero-order valence-corrected chi connectivity index (χ0v) is 9.53. The van der Waals surface area contributed by atoms with Crippen molar-refractivity contribution in [3.63, 3.8) is 0 Å². The van der Waals surface area contributed by atoms with E-state index in [2.05, 4.69) is 0 Å². The van der Waals surface area contributed by atoms with Crippen molar-refractivity contribution < 1.29 is 13.2 Å². The molecule has 1 aromatic rings. The topological polar surface area (TPSA) is 95.4 Å². The SMILES string of the molecule is Nc1c(OCC2CC2)cccc1S(N)(=O)=O. The number of nitrogens with two attached hydrogens (primary N) is 2. The molecule has 0 saturated heterocycles. The molecule has 1 fully saturated rings. The Morgan fingerprint density at radius 3 is 2.62 bits per heavy atom. The second-order valence-corrected chi connectivity index (χ2v) is 5.50. The van der Waals surface area contributed by atoms with Gasteiger partial charge in [0, 0.05) is 0 Å². The summed E-state index contributed by atoms with van der Waals surface area (Å²) in [6.45, 7) is 0.582. The van der Waals surface area contributed by atoms with E-state index in [1.54, 1.807) is 12.1 Å². The quantitative estimate of drug-likeness (QED) is 0.760. The zero-order chi connectivity index (χ0) is 11.8. The number of anilines is 1. The van der Waals surface area contributed by atoms with E-state index < -0.39 is 10.0 Å². The summed E-state index contributed by atoms with van der Waals surface area (Å²) in [5.74, 6) is 0.968. The molecule has 0 bridgehead atoms. The maximum Gasteiger partial charge on any atom is 0.240 e. The Kier molecular flexibility index (Phi) is 2.77. The number of hydrogen-bond acceptors (Lipinski definition) is 4. The third-order valence-corrected chi connectivity index (χ3v) is 3.47. The van der Waals surface area contributed by atoms with Crippen molar-refractivity contribution in [2.45, 2.75) is 17.7 Å². The van der Waals surface area contributed by atoms with Gasteiger partial charge in [-0.05, 0) is 30.9 Å². The van der Waals surface area contributed by atoms with Gasteiger partial charge < -0.3 is 10.5 Å². The van der Waals surface area contributed by atoms with Crippen LogP contribution in [0, 0.1) is 5.92 Å². The molecule has 2 rings (SSSR count). The molecule has 0 radical (unpaired) electrons. The monoisotopic (exact) mass is 242 g/mol. The van der Waals surface area contributed by atoms with Crippen molar-refractivity contribution in [2.75, 3.05) is 12.3 Å². The summed E-state index contributed by atoms with van der Waals surface area (Å²) in [6.07, 6.45) is 2.32. The summed E-state index contributed by atoms with van der Waals surface area (Å²) >= 11 is 0. The summed E-state index contributed by atoms with van der Waals surface area (Å²) < 4.78 is 27.8. The summed E-state index contributed by atoms with van der Waals surface area (Å²) in [4.78, 5) is -0.0826. The van der Waals surface area contributed by atoms with Gasteiger partial charge in [0.05, 0.1) is 12.3 Å². The molecule has 1 aromatic carbocycles. The molecular formula is C10H14N2O3S. The zero-order valence-electron chi connectivity index (χ0n) is 8.72. The van der Waals surface area contributed by atoms with Gasteiger partial charge in [-0.1, -0.05) is 6.07 Å². The minimum atomic E-state index is -3.78. The highest BCUT2D eigenvalue weighted by atomic mass is 32.2. The largest absolute Gasteiger partial charge is 0.491 e. The first-order valence-electron chi connectivity index (χ1n) is 5.02. The molecule has 0 amide bonds. The van der Waals surface area contributed by atoms with Crippen LogP contribution in [0.2, 0.25) is 0 Å². The fraction of sp³-hybridized carbons (Fsp3) is 0.400. The molecular weight excluding hydrogens is 228 g/mol. The van der Waals surface area contributed by atoms with Crippen LogP contribution in [0.15, 0.2) is 23.1 Å². The molecule has 1 aliphatic carbocycles. The summed E-state index contributed by atoms with van der Waals surface area (Å²) in [7, 11) is -3.78. The smallest absolute Gasteiger partial charge is 0.240 e. The van der Waals surface area contributed by atoms with Crippen molar-refractivity contribution in [1.82, 2.24) is 0 Å². The van der Waals surface area contributed by atoms with Gasteiger partial charge in [-0.25, -0.2) is 13.6 Å². The molecule has 0 spiro atoms. The number of primary sulfonamides is 1. The second-order valence-electron chi connectivity index (χ2n) is 3.97. The lowest BCUT2D eigenvalue weighted by atomic mass is 10.3. The Labute approximate surface area is 94.4 Å². The van der Waals surface area contributed by atoms with Gasteiger partial charge in [-0.15, -0.1) is 0 Å². The molecule has 5 nitrogen and oxygen atoms in total. The lowest BCUT2D eigenvalue weighted by Gasteiger charge is -2.10. The van der Waals surface area contributed by atoms with Gasteiger partial charge in [0.1, 0.15) is 10.6 Å². The van der Waals surface area contributed by atoms with Crippen LogP contribution in [0.25, 0.3) is 0 Å². The number of ether oxygens (including phenoxy) is 1. The standard InChI is InChI=1S/C10H14N2O3S/c11-10-8(15-6-7-4-5-7)2-1-3-9(10)16(12,13)14/h1-3,7H,4-6,11H2,(H2,12,13,14). The first-order chi connectivity index (χ1) is 7.48. The third kappa shape index (κ3) is 2.45. The third-order valence-electron chi connectivity index (χ3n) is 2.50. The van der Waals surface area contributed by atoms with Crippen molar-refractivity contribution in [3.8, 4) is 5.75 Å². The van der Waals surface area contributed by atoms with Crippen LogP contribution in [-0.2, 0) is 10.0 Å². The van der Waals surface area contributed by atoms with E-state index >= 15 is 0 Å². The Morgan fingerprint density at radius 1 is 1.38 bits per heavy atom. The van der Waals surface area contributed by atoms with Gasteiger partial charge in [-0.2, -0.15) is 0 Å². The Hall–Kier alpha value is -1.27. The van der Waals surface area contributed by atoms with Crippen molar-refractivity contribution >= 4 is 15.7 Å². The molecule has 0 atom stereocenters. The molecule has 0 aliphatic heterocycles. The maximum absolute atomic E-state index is 11.2. The van der Waals surface area contributed by atoms with Crippen molar-refractivity contribution in [3.05, 3.63) is 18.2 Å². The van der Waals surface area contributed by atoms with Crippen molar-refractivity contribution in [2.24, 2.45) is 11.1 Å². The van der Waals surface area contributed by atoms with E-state index in [4.69, 9.17) is 15.6 Å². The van der Waals surface area contributed by atoms with Gasteiger partial charge in [0.25, 0.3) is 0 Å². The number of nitrogen functional groups attached to an aromatic ring is 1. The Morgan fingerprint density at radius 2 is 2.06 bits per heavy atom. The molecule has 1 saturated carbocycles. The van der Waals surface area contributed by atoms with Gasteiger partial charge in [0.15, 0.2) is 0 Å². The van der Waals surface area contributed by atoms with E-state index in [-0.39, 0.29) is 10.6 Å². The number of benzene rings is 1. The first-order valence-corrected chi connectivity index (χ1v) is 6.57. The Bertz CT molecular complexity index is 495. The highest BCUT2D eigenvalue weighted by Crippen LogP contribution is 2.32. The molecule has 0 heterocycles. The van der Waals surface area contributed by atoms with Crippen LogP contribution >= 0.6 is 0 Å². The lowest BCUT2D eigenvalue weighted by molar-refractivity contribution is 0.301.